The van der Waals surface area contributed by atoms with Gasteiger partial charge in [-0.25, -0.2) is 8.42 Å². The van der Waals surface area contributed by atoms with Crippen LogP contribution in [-0.2, 0) is 16.9 Å². The molecule has 0 amide bonds. The Labute approximate surface area is 101 Å². The van der Waals surface area contributed by atoms with Gasteiger partial charge >= 0.3 is 0 Å². The molecule has 0 spiro atoms. The summed E-state index contributed by atoms with van der Waals surface area (Å²) in [4.78, 5) is 12.7. The maximum atomic E-state index is 11.1. The van der Waals surface area contributed by atoms with E-state index in [4.69, 9.17) is 0 Å². The Kier molecular flexibility index (Phi) is 3.92. The average molecular weight is 259 g/mol. The third-order valence-electron chi connectivity index (χ3n) is 2.51. The van der Waals surface area contributed by atoms with Gasteiger partial charge in [0, 0.05) is 26.9 Å². The maximum absolute atomic E-state index is 11.1. The summed E-state index contributed by atoms with van der Waals surface area (Å²) in [5, 5.41) is 4.14. The molecule has 0 radical (unpaired) electrons. The first kappa shape index (κ1) is 13.7. The Balaban J connectivity index is 2.96. The minimum atomic E-state index is -3.01. The van der Waals surface area contributed by atoms with Gasteiger partial charge in [0.05, 0.1) is 17.0 Å². The fraction of sp³-hybridized carbons (Fsp3) is 0.600. The number of carbonyl (C=O) groups is 1. The quantitative estimate of drug-likeness (QED) is 0.697. The monoisotopic (exact) mass is 259 g/mol. The van der Waals surface area contributed by atoms with E-state index in [1.54, 1.807) is 30.6 Å². The van der Waals surface area contributed by atoms with Gasteiger partial charge in [-0.2, -0.15) is 5.10 Å². The molecule has 0 bridgehead atoms. The molecule has 7 heteroatoms. The van der Waals surface area contributed by atoms with Gasteiger partial charge in [-0.3, -0.25) is 9.48 Å². The van der Waals surface area contributed by atoms with Crippen molar-refractivity contribution in [3.05, 3.63) is 11.3 Å². The van der Waals surface area contributed by atoms with E-state index < -0.39 is 9.84 Å². The van der Waals surface area contributed by atoms with Gasteiger partial charge in [0.1, 0.15) is 15.7 Å². The number of carbonyl (C=O) groups excluding carboxylic acids is 1. The number of rotatable bonds is 5. The minimum Gasteiger partial charge on any atom is -0.358 e. The van der Waals surface area contributed by atoms with E-state index in [2.05, 4.69) is 5.10 Å². The Bertz CT molecular complexity index is 519. The molecule has 0 N–H and O–H groups in total. The number of aldehydes is 1. The zero-order valence-corrected chi connectivity index (χ0v) is 11.3. The van der Waals surface area contributed by atoms with Gasteiger partial charge in [-0.15, -0.1) is 0 Å². The van der Waals surface area contributed by atoms with Crippen LogP contribution in [0, 0.1) is 6.92 Å². The highest BCUT2D eigenvalue weighted by Crippen LogP contribution is 2.19. The standard InChI is InChI=1S/C10H17N3O3S/c1-8-9(7-14)10(13(3)11-8)12(2)5-6-17(4,15)16/h7H,5-6H2,1-4H3. The minimum absolute atomic E-state index is 0.0476. The van der Waals surface area contributed by atoms with Gasteiger partial charge in [0.15, 0.2) is 6.29 Å². The molecular weight excluding hydrogens is 242 g/mol. The second-order valence-electron chi connectivity index (χ2n) is 4.12. The molecular formula is C10H17N3O3S. The van der Waals surface area contributed by atoms with Crippen molar-refractivity contribution in [2.45, 2.75) is 6.92 Å². The largest absolute Gasteiger partial charge is 0.358 e. The van der Waals surface area contributed by atoms with Crippen LogP contribution >= 0.6 is 0 Å². The Hall–Kier alpha value is -1.37. The molecule has 6 nitrogen and oxygen atoms in total. The average Bonchev–Trinajstić information content (AvgIpc) is 2.48. The summed E-state index contributed by atoms with van der Waals surface area (Å²) in [7, 11) is 0.461. The highest BCUT2D eigenvalue weighted by molar-refractivity contribution is 7.90. The predicted octanol–water partition coefficient (Wildman–Crippen LogP) is 0.0218. The number of sulfone groups is 1. The second-order valence-corrected chi connectivity index (χ2v) is 6.38. The molecule has 0 aliphatic carbocycles. The lowest BCUT2D eigenvalue weighted by molar-refractivity contribution is 0.112. The van der Waals surface area contributed by atoms with Gasteiger partial charge < -0.3 is 4.90 Å². The molecule has 96 valence electrons. The van der Waals surface area contributed by atoms with Crippen LogP contribution in [0.15, 0.2) is 0 Å². The van der Waals surface area contributed by atoms with E-state index in [0.717, 1.165) is 6.29 Å². The number of nitrogens with zero attached hydrogens (tertiary/aromatic N) is 3. The molecule has 0 aliphatic rings. The molecule has 0 atom stereocenters. The maximum Gasteiger partial charge on any atom is 0.155 e. The lowest BCUT2D eigenvalue weighted by atomic mass is 10.2. The summed E-state index contributed by atoms with van der Waals surface area (Å²) in [5.74, 6) is 0.688. The SMILES string of the molecule is Cc1nn(C)c(N(C)CCS(C)(=O)=O)c1C=O. The van der Waals surface area contributed by atoms with E-state index >= 15 is 0 Å². The molecule has 0 fully saturated rings. The van der Waals surface area contributed by atoms with Crippen molar-refractivity contribution in [1.29, 1.82) is 0 Å². The second kappa shape index (κ2) is 4.87. The molecule has 0 aliphatic heterocycles. The van der Waals surface area contributed by atoms with Crippen LogP contribution in [0.3, 0.4) is 0 Å². The summed E-state index contributed by atoms with van der Waals surface area (Å²) in [6.45, 7) is 2.08. The Morgan fingerprint density at radius 1 is 1.47 bits per heavy atom. The van der Waals surface area contributed by atoms with Gasteiger partial charge in [-0.05, 0) is 6.92 Å². The van der Waals surface area contributed by atoms with E-state index in [9.17, 15) is 13.2 Å². The van der Waals surface area contributed by atoms with Crippen LogP contribution in [-0.4, -0.2) is 50.1 Å². The van der Waals surface area contributed by atoms with Crippen molar-refractivity contribution in [3.8, 4) is 0 Å². The summed E-state index contributed by atoms with van der Waals surface area (Å²) in [6, 6.07) is 0. The number of hydrogen-bond acceptors (Lipinski definition) is 5. The third-order valence-corrected chi connectivity index (χ3v) is 3.44. The van der Waals surface area contributed by atoms with Gasteiger partial charge in [-0.1, -0.05) is 0 Å². The van der Waals surface area contributed by atoms with Crippen molar-refractivity contribution >= 4 is 21.9 Å². The first-order chi connectivity index (χ1) is 7.76. The zero-order chi connectivity index (χ0) is 13.2. The van der Waals surface area contributed by atoms with Crippen molar-refractivity contribution < 1.29 is 13.2 Å². The molecule has 17 heavy (non-hydrogen) atoms. The molecule has 0 aromatic carbocycles. The molecule has 1 rings (SSSR count). The molecule has 0 saturated heterocycles. The van der Waals surface area contributed by atoms with Crippen LogP contribution in [0.25, 0.3) is 0 Å². The predicted molar refractivity (Wildman–Crippen MR) is 66.3 cm³/mol. The van der Waals surface area contributed by atoms with Crippen LogP contribution in [0.1, 0.15) is 16.1 Å². The molecule has 1 aromatic heterocycles. The van der Waals surface area contributed by atoms with Gasteiger partial charge in [0.2, 0.25) is 0 Å². The first-order valence-corrected chi connectivity index (χ1v) is 7.20. The highest BCUT2D eigenvalue weighted by atomic mass is 32.2. The number of anilines is 1. The summed E-state index contributed by atoms with van der Waals surface area (Å²) in [6.07, 6.45) is 1.94. The van der Waals surface area contributed by atoms with E-state index in [1.165, 1.54) is 6.26 Å². The Morgan fingerprint density at radius 2 is 2.06 bits per heavy atom. The van der Waals surface area contributed by atoms with E-state index in [-0.39, 0.29) is 5.75 Å². The van der Waals surface area contributed by atoms with Crippen molar-refractivity contribution in [2.75, 3.05) is 30.5 Å². The topological polar surface area (TPSA) is 72.3 Å². The summed E-state index contributed by atoms with van der Waals surface area (Å²) < 4.78 is 23.8. The fourth-order valence-corrected chi connectivity index (χ4v) is 2.27. The van der Waals surface area contributed by atoms with Crippen LogP contribution in [0.5, 0.6) is 0 Å². The van der Waals surface area contributed by atoms with Crippen molar-refractivity contribution in [1.82, 2.24) is 9.78 Å². The number of aromatic nitrogens is 2. The van der Waals surface area contributed by atoms with Crippen molar-refractivity contribution in [2.24, 2.45) is 7.05 Å². The molecule has 0 saturated carbocycles. The molecule has 1 aromatic rings. The fourth-order valence-electron chi connectivity index (χ4n) is 1.66. The molecule has 1 heterocycles. The third kappa shape index (κ3) is 3.29. The van der Waals surface area contributed by atoms with Crippen molar-refractivity contribution in [3.63, 3.8) is 0 Å². The highest BCUT2D eigenvalue weighted by Gasteiger charge is 2.17. The molecule has 0 unspecified atom stereocenters. The van der Waals surface area contributed by atoms with Crippen LogP contribution in [0.4, 0.5) is 5.82 Å². The number of hydrogen-bond donors (Lipinski definition) is 0. The summed E-state index contributed by atoms with van der Waals surface area (Å²) >= 11 is 0. The first-order valence-electron chi connectivity index (χ1n) is 5.14. The lowest BCUT2D eigenvalue weighted by Gasteiger charge is -2.19. The lowest BCUT2D eigenvalue weighted by Crippen LogP contribution is -2.27. The zero-order valence-electron chi connectivity index (χ0n) is 10.5. The van der Waals surface area contributed by atoms with Crippen LogP contribution < -0.4 is 4.90 Å². The summed E-state index contributed by atoms with van der Waals surface area (Å²) in [5.41, 5.74) is 1.15. The normalized spacial score (nSPS) is 11.5. The Morgan fingerprint density at radius 3 is 2.53 bits per heavy atom. The van der Waals surface area contributed by atoms with Crippen LogP contribution in [0.2, 0.25) is 0 Å². The smallest absolute Gasteiger partial charge is 0.155 e. The van der Waals surface area contributed by atoms with Gasteiger partial charge in [0.25, 0.3) is 0 Å². The van der Waals surface area contributed by atoms with E-state index in [1.807, 2.05) is 0 Å². The van der Waals surface area contributed by atoms with E-state index in [0.29, 0.717) is 23.6 Å². The number of aryl methyl sites for hydroxylation is 2.